The number of carbonyl (C=O) groups excluding carboxylic acids is 1. The van der Waals surface area contributed by atoms with Crippen LogP contribution in [-0.2, 0) is 21.9 Å². The van der Waals surface area contributed by atoms with E-state index in [-0.39, 0.29) is 16.6 Å². The molecule has 10 nitrogen and oxygen atoms in total. The molecule has 2 N–H and O–H groups in total. The van der Waals surface area contributed by atoms with E-state index in [4.69, 9.17) is 4.74 Å². The predicted octanol–water partition coefficient (Wildman–Crippen LogP) is 5.01. The van der Waals surface area contributed by atoms with E-state index in [0.29, 0.717) is 52.4 Å². The van der Waals surface area contributed by atoms with Crippen molar-refractivity contribution in [3.05, 3.63) is 72.5 Å². The highest BCUT2D eigenvalue weighted by Gasteiger charge is 2.23. The minimum Gasteiger partial charge on any atom is -0.497 e. The standard InChI is InChI=1S/C28H31FN6O4S2/c1-5-35(6-2)24-16-13-20(17-25(24)41(37,38)33-19-11-14-21(39-4)15-12-19)30-26(36)18-40-28-32-31-27(34(28)3)22-9-7-8-10-23(22)29/h7-17,33H,5-6,18H2,1-4H3,(H,30,36). The van der Waals surface area contributed by atoms with Crippen molar-refractivity contribution in [2.24, 2.45) is 7.05 Å². The fourth-order valence-corrected chi connectivity index (χ4v) is 6.17. The van der Waals surface area contributed by atoms with Crippen molar-refractivity contribution in [1.82, 2.24) is 14.8 Å². The van der Waals surface area contributed by atoms with E-state index in [0.717, 1.165) is 11.8 Å². The van der Waals surface area contributed by atoms with Crippen LogP contribution < -0.4 is 19.7 Å². The molecule has 0 aliphatic heterocycles. The maximum absolute atomic E-state index is 14.2. The molecule has 1 amide bonds. The number of aromatic nitrogens is 3. The fraction of sp³-hybridized carbons (Fsp3) is 0.250. The topological polar surface area (TPSA) is 118 Å². The number of nitrogens with zero attached hydrogens (tertiary/aromatic N) is 4. The van der Waals surface area contributed by atoms with Crippen LogP contribution >= 0.6 is 11.8 Å². The molecule has 1 aromatic heterocycles. The molecule has 0 saturated heterocycles. The monoisotopic (exact) mass is 598 g/mol. The van der Waals surface area contributed by atoms with Gasteiger partial charge in [-0.05, 0) is 68.4 Å². The summed E-state index contributed by atoms with van der Waals surface area (Å²) in [5.74, 6) is 0.138. The number of ether oxygens (including phenoxy) is 1. The molecule has 0 aliphatic rings. The molecule has 4 rings (SSSR count). The quantitative estimate of drug-likeness (QED) is 0.219. The molecule has 0 fully saturated rings. The number of thioether (sulfide) groups is 1. The second-order valence-electron chi connectivity index (χ2n) is 8.87. The van der Waals surface area contributed by atoms with Gasteiger partial charge < -0.3 is 19.5 Å². The van der Waals surface area contributed by atoms with Crippen molar-refractivity contribution in [1.29, 1.82) is 0 Å². The lowest BCUT2D eigenvalue weighted by Gasteiger charge is -2.25. The van der Waals surface area contributed by atoms with Gasteiger partial charge in [0.15, 0.2) is 11.0 Å². The average molecular weight is 599 g/mol. The van der Waals surface area contributed by atoms with Gasteiger partial charge in [-0.1, -0.05) is 23.9 Å². The summed E-state index contributed by atoms with van der Waals surface area (Å²) >= 11 is 1.13. The third kappa shape index (κ3) is 6.98. The third-order valence-electron chi connectivity index (χ3n) is 6.26. The lowest BCUT2D eigenvalue weighted by atomic mass is 10.2. The molecule has 13 heteroatoms. The number of nitrogens with one attached hydrogen (secondary N) is 2. The molecule has 0 bridgehead atoms. The van der Waals surface area contributed by atoms with Crippen LogP contribution in [0.1, 0.15) is 13.8 Å². The van der Waals surface area contributed by atoms with Gasteiger partial charge in [0.2, 0.25) is 5.91 Å². The molecule has 0 aliphatic carbocycles. The summed E-state index contributed by atoms with van der Waals surface area (Å²) < 4.78 is 50.6. The van der Waals surface area contributed by atoms with Crippen LogP contribution in [0.3, 0.4) is 0 Å². The Morgan fingerprint density at radius 1 is 1.02 bits per heavy atom. The zero-order valence-corrected chi connectivity index (χ0v) is 24.7. The Labute approximate surface area is 243 Å². The van der Waals surface area contributed by atoms with E-state index in [1.807, 2.05) is 18.7 Å². The zero-order valence-electron chi connectivity index (χ0n) is 23.1. The summed E-state index contributed by atoms with van der Waals surface area (Å²) in [5, 5.41) is 11.4. The molecule has 0 unspecified atom stereocenters. The summed E-state index contributed by atoms with van der Waals surface area (Å²) in [7, 11) is -0.789. The Balaban J connectivity index is 1.52. The van der Waals surface area contributed by atoms with Crippen molar-refractivity contribution in [2.75, 3.05) is 40.9 Å². The Kier molecular flexibility index (Phi) is 9.50. The highest BCUT2D eigenvalue weighted by Crippen LogP contribution is 2.31. The van der Waals surface area contributed by atoms with Crippen LogP contribution in [0.2, 0.25) is 0 Å². The normalized spacial score (nSPS) is 11.2. The zero-order chi connectivity index (χ0) is 29.6. The van der Waals surface area contributed by atoms with Crippen LogP contribution in [0, 0.1) is 5.82 Å². The lowest BCUT2D eigenvalue weighted by molar-refractivity contribution is -0.113. The number of benzene rings is 3. The van der Waals surface area contributed by atoms with Gasteiger partial charge in [-0.25, -0.2) is 12.8 Å². The predicted molar refractivity (Wildman–Crippen MR) is 160 cm³/mol. The average Bonchev–Trinajstić information content (AvgIpc) is 3.33. The van der Waals surface area contributed by atoms with Crippen molar-refractivity contribution in [3.8, 4) is 17.1 Å². The van der Waals surface area contributed by atoms with E-state index in [1.54, 1.807) is 66.2 Å². The fourth-order valence-electron chi connectivity index (χ4n) is 4.15. The van der Waals surface area contributed by atoms with Gasteiger partial charge in [0.05, 0.1) is 24.1 Å². The molecule has 0 radical (unpaired) electrons. The van der Waals surface area contributed by atoms with Crippen LogP contribution in [0.5, 0.6) is 5.75 Å². The maximum atomic E-state index is 14.2. The van der Waals surface area contributed by atoms with Gasteiger partial charge in [0.1, 0.15) is 16.5 Å². The van der Waals surface area contributed by atoms with E-state index < -0.39 is 15.8 Å². The number of rotatable bonds is 12. The van der Waals surface area contributed by atoms with E-state index >= 15 is 0 Å². The molecule has 4 aromatic rings. The van der Waals surface area contributed by atoms with Gasteiger partial charge in [-0.15, -0.1) is 10.2 Å². The number of amides is 1. The number of carbonyl (C=O) groups is 1. The summed E-state index contributed by atoms with van der Waals surface area (Å²) in [6.07, 6.45) is 0. The molecular weight excluding hydrogens is 567 g/mol. The first kappa shape index (κ1) is 29.9. The Hall–Kier alpha value is -4.10. The second-order valence-corrected chi connectivity index (χ2v) is 11.5. The van der Waals surface area contributed by atoms with Gasteiger partial charge in [-0.3, -0.25) is 9.52 Å². The van der Waals surface area contributed by atoms with Crippen LogP contribution in [-0.4, -0.2) is 55.0 Å². The highest BCUT2D eigenvalue weighted by molar-refractivity contribution is 7.99. The van der Waals surface area contributed by atoms with Crippen molar-refractivity contribution < 1.29 is 22.3 Å². The third-order valence-corrected chi connectivity index (χ3v) is 8.69. The van der Waals surface area contributed by atoms with E-state index in [9.17, 15) is 17.6 Å². The van der Waals surface area contributed by atoms with E-state index in [2.05, 4.69) is 20.2 Å². The lowest BCUT2D eigenvalue weighted by Crippen LogP contribution is -2.26. The first-order valence-corrected chi connectivity index (χ1v) is 15.3. The molecule has 3 aromatic carbocycles. The van der Waals surface area contributed by atoms with E-state index in [1.165, 1.54) is 19.2 Å². The molecule has 41 heavy (non-hydrogen) atoms. The Bertz CT molecular complexity index is 1620. The van der Waals surface area contributed by atoms with Gasteiger partial charge in [-0.2, -0.15) is 0 Å². The largest absolute Gasteiger partial charge is 0.497 e. The maximum Gasteiger partial charge on any atom is 0.264 e. The van der Waals surface area contributed by atoms with Crippen LogP contribution in [0.4, 0.5) is 21.5 Å². The first-order chi connectivity index (χ1) is 19.7. The van der Waals surface area contributed by atoms with Crippen LogP contribution in [0.25, 0.3) is 11.4 Å². The number of anilines is 3. The number of sulfonamides is 1. The van der Waals surface area contributed by atoms with Gasteiger partial charge in [0.25, 0.3) is 10.0 Å². The van der Waals surface area contributed by atoms with Gasteiger partial charge in [0, 0.05) is 31.5 Å². The summed E-state index contributed by atoms with van der Waals surface area (Å²) in [6.45, 7) is 5.06. The minimum absolute atomic E-state index is 0.0206. The molecule has 1 heterocycles. The summed E-state index contributed by atoms with van der Waals surface area (Å²) in [5.41, 5.74) is 1.53. The summed E-state index contributed by atoms with van der Waals surface area (Å²) in [6, 6.07) is 17.6. The molecule has 0 saturated carbocycles. The van der Waals surface area contributed by atoms with Crippen molar-refractivity contribution in [2.45, 2.75) is 23.9 Å². The number of methoxy groups -OCH3 is 1. The molecule has 0 atom stereocenters. The number of hydrogen-bond donors (Lipinski definition) is 2. The Morgan fingerprint density at radius 2 is 1.71 bits per heavy atom. The molecular formula is C28H31FN6O4S2. The highest BCUT2D eigenvalue weighted by atomic mass is 32.2. The second kappa shape index (κ2) is 13.0. The first-order valence-electron chi connectivity index (χ1n) is 12.8. The Morgan fingerprint density at radius 3 is 2.37 bits per heavy atom. The number of halogens is 1. The molecule has 216 valence electrons. The summed E-state index contributed by atoms with van der Waals surface area (Å²) in [4.78, 5) is 14.8. The SMILES string of the molecule is CCN(CC)c1ccc(NC(=O)CSc2nnc(-c3ccccc3F)n2C)cc1S(=O)(=O)Nc1ccc(OC)cc1. The van der Waals surface area contributed by atoms with Gasteiger partial charge >= 0.3 is 0 Å². The minimum atomic E-state index is -4.02. The number of hydrogen-bond acceptors (Lipinski definition) is 8. The van der Waals surface area contributed by atoms with Crippen LogP contribution in [0.15, 0.2) is 76.8 Å². The smallest absolute Gasteiger partial charge is 0.264 e. The molecule has 0 spiro atoms. The van der Waals surface area contributed by atoms with Crippen molar-refractivity contribution in [3.63, 3.8) is 0 Å². The van der Waals surface area contributed by atoms with Crippen molar-refractivity contribution >= 4 is 44.8 Å².